The summed E-state index contributed by atoms with van der Waals surface area (Å²) in [6.07, 6.45) is -14.9. The average Bonchev–Trinajstić information content (AvgIpc) is 3.04. The van der Waals surface area contributed by atoms with Gasteiger partial charge in [0.2, 0.25) is 5.34 Å². The Kier molecular flexibility index (Phi) is 8.44. The van der Waals surface area contributed by atoms with Gasteiger partial charge in [0.15, 0.2) is 12.5 Å². The molecule has 206 valence electrons. The third kappa shape index (κ3) is 5.41. The van der Waals surface area contributed by atoms with Gasteiger partial charge >= 0.3 is 21.1 Å². The first-order chi connectivity index (χ1) is 16.5. The van der Waals surface area contributed by atoms with Crippen LogP contribution in [0, 0.1) is 0 Å². The Morgan fingerprint density at radius 3 is 2.22 bits per heavy atom. The Balaban J connectivity index is 1.80. The van der Waals surface area contributed by atoms with E-state index in [-0.39, 0.29) is 0 Å². The van der Waals surface area contributed by atoms with Gasteiger partial charge < -0.3 is 59.5 Å². The summed E-state index contributed by atoms with van der Waals surface area (Å²) in [7, 11) is -11.5. The normalized spacial score (nSPS) is 39.1. The molecular weight excluding hydrogens is 542 g/mol. The molecule has 0 saturated carbocycles. The topological polar surface area (TPSA) is 308 Å². The van der Waals surface area contributed by atoms with Crippen LogP contribution < -0.4 is 11.2 Å². The third-order valence-electron chi connectivity index (χ3n) is 5.54. The number of nitrogens with one attached hydrogen (secondary N) is 1. The number of aliphatic hydroxyl groups excluding tert-OH is 6. The number of rotatable bonds is 8. The maximum Gasteiger partial charge on any atom is 0.476 e. The lowest BCUT2D eigenvalue weighted by atomic mass is 9.98. The van der Waals surface area contributed by atoms with Crippen LogP contribution in [0.1, 0.15) is 6.23 Å². The largest absolute Gasteiger partial charge is 0.476 e. The van der Waals surface area contributed by atoms with Gasteiger partial charge in [0.1, 0.15) is 36.6 Å². The Labute approximate surface area is 199 Å². The summed E-state index contributed by atoms with van der Waals surface area (Å²) >= 11 is 0. The minimum Gasteiger partial charge on any atom is -0.393 e. The van der Waals surface area contributed by atoms with Crippen LogP contribution in [-0.2, 0) is 27.7 Å². The SMILES string of the molecule is O=c1ccn([C@@H]2O[C@H](CO[C@H]3O[C@@](CO)(P(=O)(O)OP(=O)(O)O)[C@@H](O)[C@H](O)[C@H]3O)[C@@H](O)[C@H]2O)c(=O)[nH]1. The van der Waals surface area contributed by atoms with Gasteiger partial charge in [-0.05, 0) is 0 Å². The van der Waals surface area contributed by atoms with Crippen LogP contribution >= 0.6 is 15.4 Å². The molecule has 0 amide bonds. The van der Waals surface area contributed by atoms with E-state index in [0.29, 0.717) is 0 Å². The van der Waals surface area contributed by atoms with E-state index in [1.807, 2.05) is 4.98 Å². The molecule has 0 aromatic carbocycles. The molecule has 2 fully saturated rings. The number of aliphatic hydroxyl groups is 6. The molecule has 1 aromatic heterocycles. The van der Waals surface area contributed by atoms with Crippen molar-refractivity contribution in [3.63, 3.8) is 0 Å². The summed E-state index contributed by atoms with van der Waals surface area (Å²) in [5.41, 5.74) is -1.73. The molecule has 1 aromatic rings. The molecule has 0 bridgehead atoms. The second-order valence-corrected chi connectivity index (χ2v) is 11.3. The predicted molar refractivity (Wildman–Crippen MR) is 109 cm³/mol. The molecule has 2 saturated heterocycles. The van der Waals surface area contributed by atoms with Crippen LogP contribution in [0.15, 0.2) is 21.9 Å². The summed E-state index contributed by atoms with van der Waals surface area (Å²) in [5.74, 6) is 0. The molecule has 19 nitrogen and oxygen atoms in total. The first-order valence-electron chi connectivity index (χ1n) is 9.92. The maximum absolute atomic E-state index is 12.5. The molecule has 10 N–H and O–H groups in total. The van der Waals surface area contributed by atoms with Crippen molar-refractivity contribution in [1.29, 1.82) is 0 Å². The lowest BCUT2D eigenvalue weighted by Gasteiger charge is -2.48. The highest BCUT2D eigenvalue weighted by Gasteiger charge is 2.65. The van der Waals surface area contributed by atoms with Crippen molar-refractivity contribution in [3.8, 4) is 0 Å². The summed E-state index contributed by atoms with van der Waals surface area (Å²) in [6.45, 7) is -2.47. The van der Waals surface area contributed by atoms with Crippen LogP contribution in [0.25, 0.3) is 0 Å². The molecule has 0 aliphatic carbocycles. The zero-order valence-corrected chi connectivity index (χ0v) is 19.6. The van der Waals surface area contributed by atoms with Crippen molar-refractivity contribution < 1.29 is 73.0 Å². The molecule has 0 radical (unpaired) electrons. The summed E-state index contributed by atoms with van der Waals surface area (Å²) < 4.78 is 43.7. The number of H-pyrrole nitrogens is 1. The van der Waals surface area contributed by atoms with Crippen molar-refractivity contribution in [2.45, 2.75) is 54.5 Å². The monoisotopic (exact) mass is 566 g/mol. The van der Waals surface area contributed by atoms with Crippen molar-refractivity contribution in [3.05, 3.63) is 33.1 Å². The fourth-order valence-corrected chi connectivity index (χ4v) is 6.28. The number of aromatic amines is 1. The van der Waals surface area contributed by atoms with Gasteiger partial charge in [0, 0.05) is 12.3 Å². The fraction of sp³-hybridized carbons (Fsp3) is 0.733. The van der Waals surface area contributed by atoms with E-state index in [1.165, 1.54) is 0 Å². The van der Waals surface area contributed by atoms with Gasteiger partial charge in [0.05, 0.1) is 13.2 Å². The van der Waals surface area contributed by atoms with E-state index < -0.39 is 94.4 Å². The van der Waals surface area contributed by atoms with Crippen LogP contribution in [0.2, 0.25) is 0 Å². The summed E-state index contributed by atoms with van der Waals surface area (Å²) in [5, 5.41) is 57.4. The Bertz CT molecular complexity index is 1150. The van der Waals surface area contributed by atoms with Gasteiger partial charge in [-0.3, -0.25) is 18.9 Å². The second-order valence-electron chi connectivity index (χ2n) is 7.90. The number of phosphoric acid groups is 1. The fourth-order valence-electron chi connectivity index (χ4n) is 3.67. The summed E-state index contributed by atoms with van der Waals surface area (Å²) in [4.78, 5) is 53.0. The van der Waals surface area contributed by atoms with E-state index in [2.05, 4.69) is 4.31 Å². The van der Waals surface area contributed by atoms with Gasteiger partial charge in [-0.1, -0.05) is 0 Å². The quantitative estimate of drug-likeness (QED) is 0.131. The van der Waals surface area contributed by atoms with Crippen LogP contribution in [0.5, 0.6) is 0 Å². The van der Waals surface area contributed by atoms with Gasteiger partial charge in [0.25, 0.3) is 5.56 Å². The molecule has 0 spiro atoms. The zero-order valence-electron chi connectivity index (χ0n) is 17.8. The van der Waals surface area contributed by atoms with E-state index >= 15 is 0 Å². The number of hydrogen-bond acceptors (Lipinski definition) is 14. The molecule has 36 heavy (non-hydrogen) atoms. The number of ether oxygens (including phenoxy) is 3. The van der Waals surface area contributed by atoms with E-state index in [1.54, 1.807) is 0 Å². The Morgan fingerprint density at radius 2 is 1.67 bits per heavy atom. The lowest BCUT2D eigenvalue weighted by Crippen LogP contribution is -2.66. The number of aromatic nitrogens is 2. The number of hydrogen-bond donors (Lipinski definition) is 10. The van der Waals surface area contributed by atoms with E-state index in [9.17, 15) is 54.3 Å². The molecule has 3 heterocycles. The highest BCUT2D eigenvalue weighted by Crippen LogP contribution is 2.67. The van der Waals surface area contributed by atoms with Gasteiger partial charge in [-0.25, -0.2) is 13.7 Å². The third-order valence-corrected chi connectivity index (χ3v) is 8.75. The van der Waals surface area contributed by atoms with Gasteiger partial charge in [-0.2, -0.15) is 0 Å². The number of nitrogens with zero attached hydrogens (tertiary/aromatic N) is 1. The molecule has 2 aliphatic heterocycles. The molecule has 21 heteroatoms. The van der Waals surface area contributed by atoms with Crippen LogP contribution in [0.4, 0.5) is 0 Å². The van der Waals surface area contributed by atoms with E-state index in [4.69, 9.17) is 24.0 Å². The smallest absolute Gasteiger partial charge is 0.393 e. The molecule has 1 unspecified atom stereocenters. The standard InChI is InChI=1S/C15H24N2O17P2/c18-4-15(35(26,27)34-36(28,29)30)11(24)8(21)10(23)13(33-15)31-3-5-7(20)9(22)12(32-5)17-2-1-6(19)16-14(17)25/h1-2,5,7-13,18,20-24H,3-4H2,(H,26,27)(H,16,19,25)(H2,28,29,30)/t5-,7-,8-,9-,10-,11+,12-,13+,15+/m1/s1. The molecule has 3 rings (SSSR count). The van der Waals surface area contributed by atoms with Crippen molar-refractivity contribution in [2.75, 3.05) is 13.2 Å². The maximum atomic E-state index is 12.5. The lowest BCUT2D eigenvalue weighted by molar-refractivity contribution is -0.322. The predicted octanol–water partition coefficient (Wildman–Crippen LogP) is -5.41. The Morgan fingerprint density at radius 1 is 1.03 bits per heavy atom. The average molecular weight is 566 g/mol. The Hall–Kier alpha value is -1.38. The minimum absolute atomic E-state index is 0.746. The first-order valence-corrected chi connectivity index (χ1v) is 13.0. The highest BCUT2D eigenvalue weighted by molar-refractivity contribution is 7.64. The first kappa shape index (κ1) is 29.2. The van der Waals surface area contributed by atoms with E-state index in [0.717, 1.165) is 16.8 Å². The van der Waals surface area contributed by atoms with Crippen molar-refractivity contribution in [2.24, 2.45) is 0 Å². The summed E-state index contributed by atoms with van der Waals surface area (Å²) in [6, 6.07) is 0.938. The molecular formula is C15H24N2O17P2. The van der Waals surface area contributed by atoms with Crippen molar-refractivity contribution >= 4 is 15.4 Å². The van der Waals surface area contributed by atoms with Gasteiger partial charge in [-0.15, -0.1) is 0 Å². The molecule has 2 aliphatic rings. The minimum atomic E-state index is -5.83. The van der Waals surface area contributed by atoms with Crippen LogP contribution in [0.3, 0.4) is 0 Å². The van der Waals surface area contributed by atoms with Crippen molar-refractivity contribution in [1.82, 2.24) is 9.55 Å². The molecule has 10 atom stereocenters. The zero-order chi connectivity index (χ0) is 27.2. The highest BCUT2D eigenvalue weighted by atomic mass is 31.3. The second kappa shape index (κ2) is 10.4. The van der Waals surface area contributed by atoms with Crippen LogP contribution in [-0.4, -0.2) is 116 Å².